The standard InChI is InChI=1S/C18H20N4O5S2/c1-12(16-19-20-17(27-16)15-6-5-9-28-15)26-18(23)14-10-13(11-21(14)2)29(24,25)22-7-3-4-8-22/h5-6,9-12H,3-4,7-8H2,1-2H3. The van der Waals surface area contributed by atoms with E-state index in [0.29, 0.717) is 19.0 Å². The number of carbonyl (C=O) groups excluding carboxylic acids is 1. The highest BCUT2D eigenvalue weighted by atomic mass is 32.2. The van der Waals surface area contributed by atoms with E-state index >= 15 is 0 Å². The highest BCUT2D eigenvalue weighted by Crippen LogP contribution is 2.27. The van der Waals surface area contributed by atoms with Gasteiger partial charge in [0, 0.05) is 26.3 Å². The zero-order chi connectivity index (χ0) is 20.6. The van der Waals surface area contributed by atoms with Crippen LogP contribution < -0.4 is 0 Å². The van der Waals surface area contributed by atoms with Gasteiger partial charge in [-0.1, -0.05) is 6.07 Å². The number of hydrogen-bond donors (Lipinski definition) is 0. The van der Waals surface area contributed by atoms with Crippen LogP contribution in [0.15, 0.2) is 39.1 Å². The smallest absolute Gasteiger partial charge is 0.355 e. The summed E-state index contributed by atoms with van der Waals surface area (Å²) in [6.07, 6.45) is 2.33. The van der Waals surface area contributed by atoms with Crippen molar-refractivity contribution in [2.45, 2.75) is 30.8 Å². The first-order chi connectivity index (χ1) is 13.9. The van der Waals surface area contributed by atoms with Crippen molar-refractivity contribution in [2.24, 2.45) is 7.05 Å². The summed E-state index contributed by atoms with van der Waals surface area (Å²) in [5.74, 6) is -0.143. The summed E-state index contributed by atoms with van der Waals surface area (Å²) in [4.78, 5) is 13.5. The molecular formula is C18H20N4O5S2. The molecule has 11 heteroatoms. The van der Waals surface area contributed by atoms with E-state index < -0.39 is 22.1 Å². The molecule has 4 heterocycles. The van der Waals surface area contributed by atoms with Crippen molar-refractivity contribution in [1.82, 2.24) is 19.1 Å². The number of hydrogen-bond acceptors (Lipinski definition) is 8. The molecule has 1 aliphatic heterocycles. The van der Waals surface area contributed by atoms with Crippen LogP contribution >= 0.6 is 11.3 Å². The van der Waals surface area contributed by atoms with Crippen molar-refractivity contribution in [3.63, 3.8) is 0 Å². The maximum absolute atomic E-state index is 12.7. The molecule has 0 saturated carbocycles. The molecule has 1 atom stereocenters. The van der Waals surface area contributed by atoms with Crippen molar-refractivity contribution in [3.05, 3.63) is 41.4 Å². The summed E-state index contributed by atoms with van der Waals surface area (Å²) in [6, 6.07) is 5.06. The molecule has 29 heavy (non-hydrogen) atoms. The van der Waals surface area contributed by atoms with Gasteiger partial charge in [0.1, 0.15) is 10.6 Å². The number of nitrogens with zero attached hydrogens (tertiary/aromatic N) is 4. The Labute approximate surface area is 172 Å². The van der Waals surface area contributed by atoms with Crippen LogP contribution in [0.4, 0.5) is 0 Å². The summed E-state index contributed by atoms with van der Waals surface area (Å²) in [5, 5.41) is 9.81. The van der Waals surface area contributed by atoms with Gasteiger partial charge in [-0.25, -0.2) is 13.2 Å². The second-order valence-corrected chi connectivity index (χ2v) is 9.64. The summed E-state index contributed by atoms with van der Waals surface area (Å²) in [5.41, 5.74) is 0.132. The van der Waals surface area contributed by atoms with Crippen LogP contribution in [0.2, 0.25) is 0 Å². The first kappa shape index (κ1) is 19.8. The summed E-state index contributed by atoms with van der Waals surface area (Å²) in [6.45, 7) is 2.62. The first-order valence-electron chi connectivity index (χ1n) is 9.11. The van der Waals surface area contributed by atoms with Crippen LogP contribution in [0.5, 0.6) is 0 Å². The van der Waals surface area contributed by atoms with E-state index in [1.807, 2.05) is 17.5 Å². The van der Waals surface area contributed by atoms with E-state index in [4.69, 9.17) is 9.15 Å². The Hall–Kier alpha value is -2.50. The van der Waals surface area contributed by atoms with Crippen molar-refractivity contribution in [3.8, 4) is 10.8 Å². The topological polar surface area (TPSA) is 108 Å². The normalized spacial score (nSPS) is 16.2. The maximum Gasteiger partial charge on any atom is 0.355 e. The third-order valence-corrected chi connectivity index (χ3v) is 7.42. The molecule has 0 aliphatic carbocycles. The first-order valence-corrected chi connectivity index (χ1v) is 11.4. The van der Waals surface area contributed by atoms with E-state index in [2.05, 4.69) is 10.2 Å². The molecule has 0 N–H and O–H groups in total. The lowest BCUT2D eigenvalue weighted by Gasteiger charge is -2.13. The van der Waals surface area contributed by atoms with Crippen molar-refractivity contribution in [2.75, 3.05) is 13.1 Å². The fraction of sp³-hybridized carbons (Fsp3) is 0.389. The Morgan fingerprint density at radius 1 is 1.31 bits per heavy atom. The third kappa shape index (κ3) is 3.85. The minimum absolute atomic E-state index is 0.0827. The Bertz CT molecular complexity index is 1110. The Morgan fingerprint density at radius 2 is 2.07 bits per heavy atom. The molecular weight excluding hydrogens is 416 g/mol. The number of ether oxygens (including phenoxy) is 1. The predicted octanol–water partition coefficient (Wildman–Crippen LogP) is 2.84. The number of thiophene rings is 1. The lowest BCUT2D eigenvalue weighted by atomic mass is 10.4. The number of aryl methyl sites for hydroxylation is 1. The predicted molar refractivity (Wildman–Crippen MR) is 105 cm³/mol. The second-order valence-electron chi connectivity index (χ2n) is 6.75. The second kappa shape index (κ2) is 7.73. The minimum atomic E-state index is -3.61. The molecule has 9 nitrogen and oxygen atoms in total. The number of carbonyl (C=O) groups is 1. The van der Waals surface area contributed by atoms with Crippen molar-refractivity contribution >= 4 is 27.3 Å². The molecule has 0 amide bonds. The lowest BCUT2D eigenvalue weighted by Crippen LogP contribution is -2.27. The van der Waals surface area contributed by atoms with Gasteiger partial charge in [-0.15, -0.1) is 21.5 Å². The highest BCUT2D eigenvalue weighted by molar-refractivity contribution is 7.89. The van der Waals surface area contributed by atoms with Gasteiger partial charge in [-0.2, -0.15) is 4.31 Å². The van der Waals surface area contributed by atoms with Gasteiger partial charge in [-0.3, -0.25) is 0 Å². The average Bonchev–Trinajstić information content (AvgIpc) is 3.48. The van der Waals surface area contributed by atoms with Gasteiger partial charge >= 0.3 is 5.97 Å². The molecule has 0 bridgehead atoms. The summed E-state index contributed by atoms with van der Waals surface area (Å²) in [7, 11) is -2.01. The largest absolute Gasteiger partial charge is 0.448 e. The molecule has 3 aromatic heterocycles. The average molecular weight is 437 g/mol. The number of rotatable bonds is 6. The molecule has 154 valence electrons. The molecule has 0 aromatic carbocycles. The fourth-order valence-electron chi connectivity index (χ4n) is 3.13. The number of aromatic nitrogens is 3. The zero-order valence-corrected chi connectivity index (χ0v) is 17.6. The SMILES string of the molecule is CC(OC(=O)c1cc(S(=O)(=O)N2CCCC2)cn1C)c1nnc(-c2cccs2)o1. The molecule has 1 unspecified atom stereocenters. The van der Waals surface area contributed by atoms with Crippen LogP contribution in [-0.4, -0.2) is 46.5 Å². The van der Waals surface area contributed by atoms with Crippen LogP contribution in [0, 0.1) is 0 Å². The molecule has 1 fully saturated rings. The Balaban J connectivity index is 1.49. The van der Waals surface area contributed by atoms with Crippen molar-refractivity contribution in [1.29, 1.82) is 0 Å². The van der Waals surface area contributed by atoms with E-state index in [1.165, 1.54) is 32.5 Å². The van der Waals surface area contributed by atoms with E-state index in [-0.39, 0.29) is 16.5 Å². The fourth-order valence-corrected chi connectivity index (χ4v) is 5.36. The molecule has 1 aliphatic rings. The molecule has 0 spiro atoms. The summed E-state index contributed by atoms with van der Waals surface area (Å²) >= 11 is 1.46. The number of sulfonamides is 1. The monoisotopic (exact) mass is 436 g/mol. The van der Waals surface area contributed by atoms with Gasteiger partial charge in [0.15, 0.2) is 6.10 Å². The van der Waals surface area contributed by atoms with E-state index in [1.54, 1.807) is 14.0 Å². The zero-order valence-electron chi connectivity index (χ0n) is 15.9. The van der Waals surface area contributed by atoms with Crippen LogP contribution in [-0.2, 0) is 21.8 Å². The minimum Gasteiger partial charge on any atom is -0.448 e. The molecule has 4 rings (SSSR count). The van der Waals surface area contributed by atoms with Crippen LogP contribution in [0.25, 0.3) is 10.8 Å². The molecule has 3 aromatic rings. The van der Waals surface area contributed by atoms with Gasteiger partial charge < -0.3 is 13.7 Å². The molecule has 0 radical (unpaired) electrons. The van der Waals surface area contributed by atoms with Gasteiger partial charge in [0.25, 0.3) is 11.8 Å². The number of esters is 1. The van der Waals surface area contributed by atoms with Gasteiger partial charge in [0.2, 0.25) is 10.0 Å². The quantitative estimate of drug-likeness (QED) is 0.547. The van der Waals surface area contributed by atoms with Crippen LogP contribution in [0.3, 0.4) is 0 Å². The lowest BCUT2D eigenvalue weighted by molar-refractivity contribution is 0.0269. The maximum atomic E-state index is 12.7. The van der Waals surface area contributed by atoms with Crippen molar-refractivity contribution < 1.29 is 22.4 Å². The third-order valence-electron chi connectivity index (χ3n) is 4.70. The van der Waals surface area contributed by atoms with Crippen LogP contribution in [0.1, 0.15) is 42.2 Å². The van der Waals surface area contributed by atoms with E-state index in [9.17, 15) is 13.2 Å². The summed E-state index contributed by atoms with van der Waals surface area (Å²) < 4.78 is 39.3. The Kier molecular flexibility index (Phi) is 5.28. The Morgan fingerprint density at radius 3 is 2.76 bits per heavy atom. The van der Waals surface area contributed by atoms with Gasteiger partial charge in [0.05, 0.1) is 4.88 Å². The van der Waals surface area contributed by atoms with E-state index in [0.717, 1.165) is 17.7 Å². The van der Waals surface area contributed by atoms with Gasteiger partial charge in [-0.05, 0) is 37.3 Å². The highest BCUT2D eigenvalue weighted by Gasteiger charge is 2.30. The molecule has 1 saturated heterocycles.